The van der Waals surface area contributed by atoms with Crippen molar-refractivity contribution in [1.29, 1.82) is 0 Å². The van der Waals surface area contributed by atoms with E-state index < -0.39 is 18.0 Å². The van der Waals surface area contributed by atoms with Gasteiger partial charge in [0, 0.05) is 12.3 Å². The molecule has 0 aromatic carbocycles. The van der Waals surface area contributed by atoms with Gasteiger partial charge in [-0.3, -0.25) is 4.79 Å². The van der Waals surface area contributed by atoms with Crippen LogP contribution in [0.4, 0.5) is 4.79 Å². The normalized spacial score (nSPS) is 13.6. The summed E-state index contributed by atoms with van der Waals surface area (Å²) in [5, 5.41) is 2.82. The van der Waals surface area contributed by atoms with E-state index >= 15 is 0 Å². The molecule has 2 amide bonds. The van der Waals surface area contributed by atoms with Crippen molar-refractivity contribution in [3.05, 3.63) is 4.91 Å². The quantitative estimate of drug-likeness (QED) is 0.547. The lowest BCUT2D eigenvalue weighted by molar-refractivity contribution is -0.125. The zero-order valence-corrected chi connectivity index (χ0v) is 11.5. The zero-order valence-electron chi connectivity index (χ0n) is 9.88. The van der Waals surface area contributed by atoms with Gasteiger partial charge in [0.1, 0.15) is 18.5 Å². The van der Waals surface area contributed by atoms with Crippen molar-refractivity contribution >= 4 is 35.4 Å². The fourth-order valence-corrected chi connectivity index (χ4v) is 1.48. The Morgan fingerprint density at radius 2 is 2.12 bits per heavy atom. The van der Waals surface area contributed by atoms with Gasteiger partial charge in [0.2, 0.25) is 5.91 Å². The summed E-state index contributed by atoms with van der Waals surface area (Å²) in [5.74, 6) is -0.868. The van der Waals surface area contributed by atoms with Gasteiger partial charge in [-0.1, -0.05) is 12.1 Å². The van der Waals surface area contributed by atoms with Gasteiger partial charge < -0.3 is 4.74 Å². The van der Waals surface area contributed by atoms with Crippen LogP contribution in [0.2, 0.25) is 0 Å². The molecule has 6 nitrogen and oxygen atoms in total. The number of hydrogen-bond acceptors (Lipinski definition) is 6. The highest BCUT2D eigenvalue weighted by atomic mass is 35.5. The number of nitrogens with zero attached hydrogens (tertiary/aromatic N) is 2. The summed E-state index contributed by atoms with van der Waals surface area (Å²) in [7, 11) is 1.26. The van der Waals surface area contributed by atoms with Crippen LogP contribution in [0.25, 0.3) is 0 Å². The largest absolute Gasteiger partial charge is 0.447 e. The molecule has 0 N–H and O–H groups in total. The molecule has 0 aromatic rings. The number of alkyl halides is 1. The SMILES string of the molecule is CSC(C)C(COC(=O)N(C)C(=O)CCl)N=O. The summed E-state index contributed by atoms with van der Waals surface area (Å²) >= 11 is 6.72. The molecule has 0 saturated heterocycles. The Balaban J connectivity index is 4.22. The summed E-state index contributed by atoms with van der Waals surface area (Å²) in [6.07, 6.45) is 0.992. The van der Waals surface area contributed by atoms with E-state index in [-0.39, 0.29) is 17.7 Å². The Morgan fingerprint density at radius 1 is 1.53 bits per heavy atom. The van der Waals surface area contributed by atoms with E-state index in [0.29, 0.717) is 0 Å². The van der Waals surface area contributed by atoms with E-state index in [4.69, 9.17) is 16.3 Å². The third-order valence-electron chi connectivity index (χ3n) is 2.19. The molecular formula is C9H15ClN2O4S. The molecule has 2 unspecified atom stereocenters. The maximum absolute atomic E-state index is 11.3. The Bertz CT molecular complexity index is 290. The summed E-state index contributed by atoms with van der Waals surface area (Å²) < 4.78 is 4.80. The molecule has 0 aliphatic heterocycles. The maximum Gasteiger partial charge on any atom is 0.416 e. The number of imide groups is 1. The summed E-state index contributed by atoms with van der Waals surface area (Å²) in [6, 6.07) is -0.631. The lowest BCUT2D eigenvalue weighted by Gasteiger charge is -2.18. The number of hydrogen-bond donors (Lipinski definition) is 0. The lowest BCUT2D eigenvalue weighted by Crippen LogP contribution is -2.36. The number of carbonyl (C=O) groups excluding carboxylic acids is 2. The van der Waals surface area contributed by atoms with Crippen molar-refractivity contribution in [3.63, 3.8) is 0 Å². The van der Waals surface area contributed by atoms with Crippen LogP contribution in [0.1, 0.15) is 6.92 Å². The van der Waals surface area contributed by atoms with Crippen LogP contribution in [0, 0.1) is 4.91 Å². The Kier molecular flexibility index (Phi) is 7.90. The van der Waals surface area contributed by atoms with Crippen molar-refractivity contribution < 1.29 is 14.3 Å². The first-order chi connectivity index (χ1) is 7.97. The molecule has 0 heterocycles. The standard InChI is InChI=1S/C9H15ClN2O4S/c1-6(17-3)7(11-15)5-16-9(14)12(2)8(13)4-10/h6-7H,4-5H2,1-3H3. The van der Waals surface area contributed by atoms with Crippen molar-refractivity contribution in [2.24, 2.45) is 5.18 Å². The van der Waals surface area contributed by atoms with Crippen LogP contribution in [0.3, 0.4) is 0 Å². The minimum atomic E-state index is -0.836. The molecular weight excluding hydrogens is 268 g/mol. The third kappa shape index (κ3) is 5.36. The number of amides is 2. The second kappa shape index (κ2) is 8.30. The van der Waals surface area contributed by atoms with Crippen LogP contribution in [-0.2, 0) is 9.53 Å². The van der Waals surface area contributed by atoms with Crippen molar-refractivity contribution in [3.8, 4) is 0 Å². The van der Waals surface area contributed by atoms with Crippen LogP contribution in [0.15, 0.2) is 5.18 Å². The zero-order chi connectivity index (χ0) is 13.4. The summed E-state index contributed by atoms with van der Waals surface area (Å²) in [4.78, 5) is 33.7. The van der Waals surface area contributed by atoms with Gasteiger partial charge in [0.25, 0.3) is 0 Å². The number of carbonyl (C=O) groups is 2. The molecule has 0 aliphatic carbocycles. The number of thioether (sulfide) groups is 1. The molecule has 0 rings (SSSR count). The molecule has 8 heteroatoms. The summed E-state index contributed by atoms with van der Waals surface area (Å²) in [5.41, 5.74) is 0. The lowest BCUT2D eigenvalue weighted by atomic mass is 10.2. The van der Waals surface area contributed by atoms with Crippen LogP contribution >= 0.6 is 23.4 Å². The average Bonchev–Trinajstić information content (AvgIpc) is 2.36. The number of halogens is 1. The van der Waals surface area contributed by atoms with Crippen LogP contribution in [0.5, 0.6) is 0 Å². The Labute approximate surface area is 109 Å². The van der Waals surface area contributed by atoms with E-state index in [9.17, 15) is 14.5 Å². The van der Waals surface area contributed by atoms with Gasteiger partial charge in [0.15, 0.2) is 0 Å². The minimum Gasteiger partial charge on any atom is -0.447 e. The monoisotopic (exact) mass is 282 g/mol. The fourth-order valence-electron chi connectivity index (χ4n) is 0.854. The van der Waals surface area contributed by atoms with Gasteiger partial charge in [-0.05, 0) is 6.26 Å². The van der Waals surface area contributed by atoms with E-state index in [2.05, 4.69) is 5.18 Å². The van der Waals surface area contributed by atoms with E-state index in [1.54, 1.807) is 6.92 Å². The second-order valence-corrected chi connectivity index (χ2v) is 4.76. The minimum absolute atomic E-state index is 0.0608. The first kappa shape index (κ1) is 16.2. The molecule has 17 heavy (non-hydrogen) atoms. The van der Waals surface area contributed by atoms with E-state index in [1.165, 1.54) is 18.8 Å². The van der Waals surface area contributed by atoms with Gasteiger partial charge in [0.05, 0.1) is 0 Å². The highest BCUT2D eigenvalue weighted by Gasteiger charge is 2.22. The van der Waals surface area contributed by atoms with Crippen molar-refractivity contribution in [1.82, 2.24) is 4.90 Å². The number of ether oxygens (including phenoxy) is 1. The van der Waals surface area contributed by atoms with Gasteiger partial charge in [-0.15, -0.1) is 11.6 Å². The molecule has 0 spiro atoms. The van der Waals surface area contributed by atoms with Crippen molar-refractivity contribution in [2.75, 3.05) is 25.8 Å². The Morgan fingerprint density at radius 3 is 2.53 bits per heavy atom. The highest BCUT2D eigenvalue weighted by Crippen LogP contribution is 2.13. The average molecular weight is 283 g/mol. The maximum atomic E-state index is 11.3. The summed E-state index contributed by atoms with van der Waals surface area (Å²) in [6.45, 7) is 1.66. The first-order valence-corrected chi connectivity index (χ1v) is 6.64. The van der Waals surface area contributed by atoms with Gasteiger partial charge in [-0.2, -0.15) is 16.7 Å². The molecule has 0 aliphatic rings. The fraction of sp³-hybridized carbons (Fsp3) is 0.778. The first-order valence-electron chi connectivity index (χ1n) is 4.82. The number of rotatable bonds is 6. The molecule has 2 atom stereocenters. The number of nitroso groups, excluding NO2 is 1. The third-order valence-corrected chi connectivity index (χ3v) is 3.48. The molecule has 0 radical (unpaired) electrons. The van der Waals surface area contributed by atoms with Gasteiger partial charge in [-0.25, -0.2) is 9.69 Å². The van der Waals surface area contributed by atoms with E-state index in [0.717, 1.165) is 4.90 Å². The smallest absolute Gasteiger partial charge is 0.416 e. The molecule has 0 bridgehead atoms. The van der Waals surface area contributed by atoms with Crippen LogP contribution in [-0.4, -0.2) is 54.0 Å². The second-order valence-electron chi connectivity index (χ2n) is 3.28. The van der Waals surface area contributed by atoms with Crippen LogP contribution < -0.4 is 0 Å². The predicted molar refractivity (Wildman–Crippen MR) is 67.4 cm³/mol. The molecule has 0 aromatic heterocycles. The predicted octanol–water partition coefficient (Wildman–Crippen LogP) is 1.71. The Hall–Kier alpha value is -0.820. The van der Waals surface area contributed by atoms with Gasteiger partial charge >= 0.3 is 6.09 Å². The van der Waals surface area contributed by atoms with E-state index in [1.807, 2.05) is 6.26 Å². The van der Waals surface area contributed by atoms with Crippen molar-refractivity contribution in [2.45, 2.75) is 18.2 Å². The molecule has 0 saturated carbocycles. The highest BCUT2D eigenvalue weighted by molar-refractivity contribution is 7.99. The topological polar surface area (TPSA) is 76.0 Å². The molecule has 98 valence electrons. The molecule has 0 fully saturated rings.